The van der Waals surface area contributed by atoms with Crippen molar-refractivity contribution in [2.75, 3.05) is 5.32 Å². The Labute approximate surface area is 131 Å². The Bertz CT molecular complexity index is 616. The van der Waals surface area contributed by atoms with E-state index in [9.17, 15) is 4.79 Å². The van der Waals surface area contributed by atoms with Gasteiger partial charge in [0.2, 0.25) is 0 Å². The first-order chi connectivity index (χ1) is 10.4. The molecule has 0 saturated heterocycles. The lowest BCUT2D eigenvalue weighted by molar-refractivity contribution is 0.218. The van der Waals surface area contributed by atoms with E-state index in [4.69, 9.17) is 0 Å². The molecule has 118 valence electrons. The fourth-order valence-corrected chi connectivity index (χ4v) is 2.06. The second-order valence-electron chi connectivity index (χ2n) is 6.45. The number of amides is 2. The van der Waals surface area contributed by atoms with Gasteiger partial charge >= 0.3 is 6.03 Å². The van der Waals surface area contributed by atoms with E-state index in [1.165, 1.54) is 0 Å². The van der Waals surface area contributed by atoms with Crippen molar-refractivity contribution < 1.29 is 4.79 Å². The monoisotopic (exact) mass is 301 g/mol. The predicted octanol–water partition coefficient (Wildman–Crippen LogP) is 2.82. The van der Waals surface area contributed by atoms with Crippen LogP contribution in [-0.2, 0) is 6.54 Å². The third-order valence-electron chi connectivity index (χ3n) is 3.54. The summed E-state index contributed by atoms with van der Waals surface area (Å²) in [7, 11) is 0. The summed E-state index contributed by atoms with van der Waals surface area (Å²) in [6.45, 7) is 8.87. The molecule has 6 nitrogen and oxygen atoms in total. The van der Waals surface area contributed by atoms with E-state index < -0.39 is 0 Å². The lowest BCUT2D eigenvalue weighted by Gasteiger charge is -2.31. The summed E-state index contributed by atoms with van der Waals surface area (Å²) < 4.78 is 1.96. The standard InChI is InChI=1S/C16H23N5O/c1-12-6-5-7-18-14(12)20-15(22)19-13(16(2,3)4)10-21-9-8-17-11-21/h5-9,11,13H,10H2,1-4H3,(H2,18,19,20,22). The summed E-state index contributed by atoms with van der Waals surface area (Å²) in [6.07, 6.45) is 7.04. The number of urea groups is 1. The lowest BCUT2D eigenvalue weighted by atomic mass is 9.86. The Hall–Kier alpha value is -2.37. The molecule has 0 aliphatic carbocycles. The molecule has 0 bridgehead atoms. The maximum Gasteiger partial charge on any atom is 0.320 e. The van der Waals surface area contributed by atoms with Crippen LogP contribution in [0, 0.1) is 12.3 Å². The number of anilines is 1. The third-order valence-corrected chi connectivity index (χ3v) is 3.54. The van der Waals surface area contributed by atoms with Crippen molar-refractivity contribution in [2.24, 2.45) is 5.41 Å². The van der Waals surface area contributed by atoms with E-state index in [0.717, 1.165) is 5.56 Å². The molecular formula is C16H23N5O. The van der Waals surface area contributed by atoms with Gasteiger partial charge in [-0.1, -0.05) is 26.8 Å². The van der Waals surface area contributed by atoms with Crippen molar-refractivity contribution in [2.45, 2.75) is 40.3 Å². The topological polar surface area (TPSA) is 71.8 Å². The molecule has 0 aliphatic heterocycles. The zero-order valence-electron chi connectivity index (χ0n) is 13.5. The Balaban J connectivity index is 2.04. The van der Waals surface area contributed by atoms with Gasteiger partial charge in [-0.25, -0.2) is 14.8 Å². The van der Waals surface area contributed by atoms with Crippen LogP contribution >= 0.6 is 0 Å². The molecule has 22 heavy (non-hydrogen) atoms. The number of hydrogen-bond donors (Lipinski definition) is 2. The summed E-state index contributed by atoms with van der Waals surface area (Å²) in [5.74, 6) is 0.579. The highest BCUT2D eigenvalue weighted by Gasteiger charge is 2.26. The van der Waals surface area contributed by atoms with Crippen LogP contribution in [-0.4, -0.2) is 26.6 Å². The molecule has 0 spiro atoms. The van der Waals surface area contributed by atoms with Gasteiger partial charge in [0.25, 0.3) is 0 Å². The smallest absolute Gasteiger partial charge is 0.320 e. The quantitative estimate of drug-likeness (QED) is 0.912. The van der Waals surface area contributed by atoms with Crippen LogP contribution in [0.1, 0.15) is 26.3 Å². The minimum atomic E-state index is -0.248. The zero-order valence-corrected chi connectivity index (χ0v) is 13.5. The normalized spacial score (nSPS) is 12.7. The van der Waals surface area contributed by atoms with E-state index >= 15 is 0 Å². The molecule has 0 radical (unpaired) electrons. The van der Waals surface area contributed by atoms with Crippen LogP contribution in [0.15, 0.2) is 37.1 Å². The molecule has 0 saturated carbocycles. The average Bonchev–Trinajstić information content (AvgIpc) is 2.92. The first-order valence-corrected chi connectivity index (χ1v) is 7.31. The molecule has 6 heteroatoms. The first-order valence-electron chi connectivity index (χ1n) is 7.31. The molecule has 2 aromatic rings. The Morgan fingerprint density at radius 1 is 1.36 bits per heavy atom. The zero-order chi connectivity index (χ0) is 16.2. The summed E-state index contributed by atoms with van der Waals surface area (Å²) in [4.78, 5) is 20.5. The van der Waals surface area contributed by atoms with Crippen molar-refractivity contribution in [1.29, 1.82) is 0 Å². The minimum Gasteiger partial charge on any atom is -0.335 e. The van der Waals surface area contributed by atoms with Gasteiger partial charge in [0.15, 0.2) is 0 Å². The van der Waals surface area contributed by atoms with E-state index in [1.54, 1.807) is 18.7 Å². The van der Waals surface area contributed by atoms with E-state index in [1.807, 2.05) is 29.8 Å². The SMILES string of the molecule is Cc1cccnc1NC(=O)NC(Cn1ccnc1)C(C)(C)C. The maximum absolute atomic E-state index is 12.3. The molecular weight excluding hydrogens is 278 g/mol. The number of nitrogens with one attached hydrogen (secondary N) is 2. The van der Waals surface area contributed by atoms with Gasteiger partial charge in [-0.05, 0) is 24.0 Å². The van der Waals surface area contributed by atoms with Gasteiger partial charge in [0.05, 0.1) is 12.4 Å². The van der Waals surface area contributed by atoms with Crippen LogP contribution in [0.25, 0.3) is 0 Å². The van der Waals surface area contributed by atoms with Gasteiger partial charge < -0.3 is 9.88 Å². The number of hydrogen-bond acceptors (Lipinski definition) is 3. The molecule has 2 amide bonds. The summed E-state index contributed by atoms with van der Waals surface area (Å²) in [6, 6.07) is 3.47. The van der Waals surface area contributed by atoms with Crippen molar-refractivity contribution >= 4 is 11.8 Å². The predicted molar refractivity (Wildman–Crippen MR) is 86.6 cm³/mol. The second-order valence-corrected chi connectivity index (χ2v) is 6.45. The summed E-state index contributed by atoms with van der Waals surface area (Å²) in [5.41, 5.74) is 0.848. The molecule has 1 atom stereocenters. The average molecular weight is 301 g/mol. The largest absolute Gasteiger partial charge is 0.335 e. The molecule has 1 unspecified atom stereocenters. The third kappa shape index (κ3) is 4.31. The van der Waals surface area contributed by atoms with E-state index in [0.29, 0.717) is 12.4 Å². The number of carbonyl (C=O) groups is 1. The van der Waals surface area contributed by atoms with Gasteiger partial charge in [-0.3, -0.25) is 5.32 Å². The van der Waals surface area contributed by atoms with Crippen LogP contribution in [0.3, 0.4) is 0 Å². The molecule has 2 aromatic heterocycles. The Morgan fingerprint density at radius 3 is 2.73 bits per heavy atom. The minimum absolute atomic E-state index is 0.0364. The Kier molecular flexibility index (Phi) is 4.80. The second kappa shape index (κ2) is 6.60. The van der Waals surface area contributed by atoms with Crippen molar-refractivity contribution in [3.8, 4) is 0 Å². The molecule has 2 rings (SSSR count). The fourth-order valence-electron chi connectivity index (χ4n) is 2.06. The van der Waals surface area contributed by atoms with E-state index in [-0.39, 0.29) is 17.5 Å². The highest BCUT2D eigenvalue weighted by Crippen LogP contribution is 2.21. The first kappa shape index (κ1) is 16.0. The van der Waals surface area contributed by atoms with Crippen molar-refractivity contribution in [3.63, 3.8) is 0 Å². The number of imidazole rings is 1. The number of carbonyl (C=O) groups excluding carboxylic acids is 1. The molecule has 0 aliphatic rings. The molecule has 0 aromatic carbocycles. The van der Waals surface area contributed by atoms with Crippen molar-refractivity contribution in [3.05, 3.63) is 42.6 Å². The van der Waals surface area contributed by atoms with Crippen LogP contribution in [0.4, 0.5) is 10.6 Å². The molecule has 2 N–H and O–H groups in total. The number of aromatic nitrogens is 3. The van der Waals surface area contributed by atoms with Crippen LogP contribution in [0.5, 0.6) is 0 Å². The molecule has 0 fully saturated rings. The Morgan fingerprint density at radius 2 is 2.14 bits per heavy atom. The van der Waals surface area contributed by atoms with E-state index in [2.05, 4.69) is 41.4 Å². The maximum atomic E-state index is 12.3. The summed E-state index contributed by atoms with van der Waals surface area (Å²) in [5, 5.41) is 5.84. The lowest BCUT2D eigenvalue weighted by Crippen LogP contribution is -2.48. The highest BCUT2D eigenvalue weighted by atomic mass is 16.2. The number of rotatable bonds is 4. The van der Waals surface area contributed by atoms with Crippen LogP contribution in [0.2, 0.25) is 0 Å². The highest BCUT2D eigenvalue weighted by molar-refractivity contribution is 5.89. The van der Waals surface area contributed by atoms with Crippen molar-refractivity contribution in [1.82, 2.24) is 19.9 Å². The number of nitrogens with zero attached hydrogens (tertiary/aromatic N) is 3. The fraction of sp³-hybridized carbons (Fsp3) is 0.438. The van der Waals surface area contributed by atoms with Gasteiger partial charge in [0.1, 0.15) is 5.82 Å². The van der Waals surface area contributed by atoms with Crippen LogP contribution < -0.4 is 10.6 Å². The van der Waals surface area contributed by atoms with Gasteiger partial charge in [0, 0.05) is 25.1 Å². The van der Waals surface area contributed by atoms with Gasteiger partial charge in [-0.15, -0.1) is 0 Å². The summed E-state index contributed by atoms with van der Waals surface area (Å²) >= 11 is 0. The van der Waals surface area contributed by atoms with Gasteiger partial charge in [-0.2, -0.15) is 0 Å². The number of aryl methyl sites for hydroxylation is 1. The number of pyridine rings is 1. The molecule has 2 heterocycles.